The van der Waals surface area contributed by atoms with Gasteiger partial charge in [-0.2, -0.15) is 0 Å². The molecule has 5 rings (SSSR count). The number of nitrogens with zero attached hydrogens (tertiary/aromatic N) is 4. The highest BCUT2D eigenvalue weighted by atomic mass is 35.5. The zero-order chi connectivity index (χ0) is 22.9. The van der Waals surface area contributed by atoms with Crippen LogP contribution < -0.4 is 15.6 Å². The minimum absolute atomic E-state index is 0. The van der Waals surface area contributed by atoms with Gasteiger partial charge in [-0.1, -0.05) is 0 Å². The molecule has 0 radical (unpaired) electrons. The zero-order valence-corrected chi connectivity index (χ0v) is 19.9. The Balaban J connectivity index is 0.00000274. The second kappa shape index (κ2) is 10.3. The van der Waals surface area contributed by atoms with Gasteiger partial charge >= 0.3 is 5.97 Å². The van der Waals surface area contributed by atoms with Crippen LogP contribution in [0.4, 0.5) is 10.2 Å². The van der Waals surface area contributed by atoms with Crippen molar-refractivity contribution < 1.29 is 19.0 Å². The molecule has 1 unspecified atom stereocenters. The summed E-state index contributed by atoms with van der Waals surface area (Å²) < 4.78 is 22.1. The molecule has 2 aliphatic heterocycles. The summed E-state index contributed by atoms with van der Waals surface area (Å²) in [6.07, 6.45) is 6.47. The van der Waals surface area contributed by atoms with Gasteiger partial charge in [-0.15, -0.1) is 23.7 Å². The number of carbonyl (C=O) groups is 1. The Morgan fingerprint density at radius 1 is 1.32 bits per heavy atom. The Kier molecular flexibility index (Phi) is 7.46. The quantitative estimate of drug-likeness (QED) is 0.500. The van der Waals surface area contributed by atoms with Gasteiger partial charge in [0.2, 0.25) is 5.43 Å². The van der Waals surface area contributed by atoms with E-state index in [0.29, 0.717) is 24.1 Å². The van der Waals surface area contributed by atoms with E-state index < -0.39 is 22.8 Å². The van der Waals surface area contributed by atoms with Gasteiger partial charge in [-0.25, -0.2) is 19.2 Å². The van der Waals surface area contributed by atoms with E-state index >= 15 is 0 Å². The van der Waals surface area contributed by atoms with Crippen molar-refractivity contribution >= 4 is 46.6 Å². The summed E-state index contributed by atoms with van der Waals surface area (Å²) in [5, 5.41) is 15.0. The predicted octanol–water partition coefficient (Wildman–Crippen LogP) is 2.70. The first-order chi connectivity index (χ1) is 16.0. The van der Waals surface area contributed by atoms with Crippen molar-refractivity contribution in [2.45, 2.75) is 25.4 Å². The van der Waals surface area contributed by atoms with E-state index in [0.717, 1.165) is 38.6 Å². The Hall–Kier alpha value is -2.60. The summed E-state index contributed by atoms with van der Waals surface area (Å²) >= 11 is 1.27. The average molecular weight is 510 g/mol. The summed E-state index contributed by atoms with van der Waals surface area (Å²) in [6, 6.07) is 1.09. The monoisotopic (exact) mass is 509 g/mol. The number of hydrogen-bond acceptors (Lipinski definition) is 8. The smallest absolute Gasteiger partial charge is 0.341 e. The fourth-order valence-corrected chi connectivity index (χ4v) is 4.98. The number of nitrogens with one attached hydrogen (secondary N) is 1. The van der Waals surface area contributed by atoms with E-state index in [1.54, 1.807) is 11.6 Å². The van der Waals surface area contributed by atoms with Crippen LogP contribution in [0.15, 0.2) is 28.6 Å². The lowest BCUT2D eigenvalue weighted by atomic mass is 9.99. The third kappa shape index (κ3) is 4.78. The minimum atomic E-state index is -1.38. The number of carboxylic acid groups (broad SMARTS) is 1. The van der Waals surface area contributed by atoms with Crippen molar-refractivity contribution in [2.24, 2.45) is 5.92 Å². The molecule has 0 aliphatic carbocycles. The Morgan fingerprint density at radius 2 is 2.15 bits per heavy atom. The van der Waals surface area contributed by atoms with Gasteiger partial charge in [0, 0.05) is 56.5 Å². The lowest BCUT2D eigenvalue weighted by Gasteiger charge is -2.40. The van der Waals surface area contributed by atoms with Crippen molar-refractivity contribution in [2.75, 3.05) is 37.7 Å². The van der Waals surface area contributed by atoms with Gasteiger partial charge in [0.05, 0.1) is 11.5 Å². The van der Waals surface area contributed by atoms with E-state index in [1.807, 2.05) is 4.90 Å². The van der Waals surface area contributed by atoms with Crippen molar-refractivity contribution in [3.05, 3.63) is 45.4 Å². The third-order valence-electron chi connectivity index (χ3n) is 6.10. The second-order valence-corrected chi connectivity index (χ2v) is 9.32. The van der Waals surface area contributed by atoms with Gasteiger partial charge < -0.3 is 20.1 Å². The number of thiazole rings is 1. The largest absolute Gasteiger partial charge is 0.477 e. The summed E-state index contributed by atoms with van der Waals surface area (Å²) in [7, 11) is 0. The number of fused-ring (bicyclic) bond motifs is 1. The van der Waals surface area contributed by atoms with Gasteiger partial charge in [-0.3, -0.25) is 9.36 Å². The van der Waals surface area contributed by atoms with E-state index in [4.69, 9.17) is 4.74 Å². The van der Waals surface area contributed by atoms with Crippen molar-refractivity contribution in [1.29, 1.82) is 0 Å². The number of hydrogen-bond donors (Lipinski definition) is 2. The minimum Gasteiger partial charge on any atom is -0.477 e. The maximum absolute atomic E-state index is 15.0. The van der Waals surface area contributed by atoms with Crippen LogP contribution in [-0.4, -0.2) is 64.5 Å². The fourth-order valence-electron chi connectivity index (χ4n) is 4.36. The van der Waals surface area contributed by atoms with Crippen LogP contribution in [0.25, 0.3) is 16.2 Å². The molecular formula is C22H25ClFN5O4S. The van der Waals surface area contributed by atoms with Crippen LogP contribution in [-0.2, 0) is 4.74 Å². The number of pyridine rings is 2. The molecule has 9 nitrogen and oxygen atoms in total. The summed E-state index contributed by atoms with van der Waals surface area (Å²) in [5.41, 5.74) is -1.03. The molecule has 2 fully saturated rings. The number of aromatic nitrogens is 3. The van der Waals surface area contributed by atoms with E-state index in [1.165, 1.54) is 28.5 Å². The molecule has 3 aromatic rings. The standard InChI is InChI=1S/C22H24FN5O4S.ClH/c23-17-7-15-18(29)16(21(30)31)12-28(22-25-4-6-33-22)19(15)26-20(17)27-10-13(11-27)8-24-9-14-3-1-2-5-32-14;/h4,6-7,12-14,24H,1-3,5,8-11H2,(H,30,31);1H. The topological polar surface area (TPSA) is 110 Å². The summed E-state index contributed by atoms with van der Waals surface area (Å²) in [5.74, 6) is -1.51. The normalized spacial score (nSPS) is 18.5. The lowest BCUT2D eigenvalue weighted by molar-refractivity contribution is 0.0163. The number of rotatable bonds is 7. The first kappa shape index (κ1) is 24.5. The van der Waals surface area contributed by atoms with Crippen LogP contribution in [0.3, 0.4) is 0 Å². The van der Waals surface area contributed by atoms with E-state index in [-0.39, 0.29) is 35.4 Å². The number of aromatic carboxylic acids is 1. The molecule has 5 heterocycles. The zero-order valence-electron chi connectivity index (χ0n) is 18.3. The fraction of sp³-hybridized carbons (Fsp3) is 0.455. The highest BCUT2D eigenvalue weighted by Gasteiger charge is 2.31. The molecule has 34 heavy (non-hydrogen) atoms. The maximum Gasteiger partial charge on any atom is 0.341 e. The van der Waals surface area contributed by atoms with Crippen LogP contribution in [0.1, 0.15) is 29.6 Å². The van der Waals surface area contributed by atoms with Crippen LogP contribution in [0.2, 0.25) is 0 Å². The highest BCUT2D eigenvalue weighted by molar-refractivity contribution is 7.12. The van der Waals surface area contributed by atoms with Gasteiger partial charge in [-0.05, 0) is 25.3 Å². The Morgan fingerprint density at radius 3 is 2.82 bits per heavy atom. The van der Waals surface area contributed by atoms with Crippen LogP contribution in [0, 0.1) is 11.7 Å². The molecule has 0 spiro atoms. The lowest BCUT2D eigenvalue weighted by Crippen LogP contribution is -2.52. The van der Waals surface area contributed by atoms with E-state index in [2.05, 4.69) is 15.3 Å². The van der Waals surface area contributed by atoms with Crippen molar-refractivity contribution in [1.82, 2.24) is 19.9 Å². The molecule has 12 heteroatoms. The Bertz CT molecular complexity index is 1230. The number of carboxylic acids is 1. The maximum atomic E-state index is 15.0. The van der Waals surface area contributed by atoms with Gasteiger partial charge in [0.25, 0.3) is 0 Å². The molecule has 2 saturated heterocycles. The van der Waals surface area contributed by atoms with Crippen molar-refractivity contribution in [3.8, 4) is 5.13 Å². The molecular weight excluding hydrogens is 485 g/mol. The summed E-state index contributed by atoms with van der Waals surface area (Å²) in [6.45, 7) is 3.75. The van der Waals surface area contributed by atoms with E-state index in [9.17, 15) is 19.1 Å². The number of halogens is 2. The molecule has 1 atom stereocenters. The summed E-state index contributed by atoms with van der Waals surface area (Å²) in [4.78, 5) is 34.7. The Labute approximate surface area is 205 Å². The van der Waals surface area contributed by atoms with Crippen LogP contribution in [0.5, 0.6) is 0 Å². The van der Waals surface area contributed by atoms with Crippen LogP contribution >= 0.6 is 23.7 Å². The number of anilines is 1. The molecule has 0 aromatic carbocycles. The molecule has 2 aliphatic rings. The second-order valence-electron chi connectivity index (χ2n) is 8.44. The average Bonchev–Trinajstić information content (AvgIpc) is 3.31. The predicted molar refractivity (Wildman–Crippen MR) is 129 cm³/mol. The van der Waals surface area contributed by atoms with Gasteiger partial charge in [0.15, 0.2) is 22.4 Å². The SMILES string of the molecule is Cl.O=C(O)c1cn(-c2nccs2)c2nc(N3CC(CNCC4CCCCO4)C3)c(F)cc2c1=O. The third-order valence-corrected chi connectivity index (χ3v) is 6.88. The van der Waals surface area contributed by atoms with Crippen molar-refractivity contribution in [3.63, 3.8) is 0 Å². The first-order valence-electron chi connectivity index (χ1n) is 11.0. The molecule has 2 N–H and O–H groups in total. The molecule has 0 saturated carbocycles. The number of ether oxygens (including phenoxy) is 1. The molecule has 0 amide bonds. The highest BCUT2D eigenvalue weighted by Crippen LogP contribution is 2.28. The first-order valence-corrected chi connectivity index (χ1v) is 11.9. The molecule has 182 valence electrons. The molecule has 3 aromatic heterocycles. The molecule has 0 bridgehead atoms. The van der Waals surface area contributed by atoms with Gasteiger partial charge in [0.1, 0.15) is 5.56 Å².